The first-order valence-corrected chi connectivity index (χ1v) is 7.14. The van der Waals surface area contributed by atoms with E-state index in [2.05, 4.69) is 49.3 Å². The van der Waals surface area contributed by atoms with Gasteiger partial charge in [-0.05, 0) is 52.0 Å². The number of nitrogens with zero attached hydrogens (tertiary/aromatic N) is 3. The zero-order chi connectivity index (χ0) is 13.4. The van der Waals surface area contributed by atoms with Gasteiger partial charge in [0.15, 0.2) is 0 Å². The molecule has 0 aromatic carbocycles. The summed E-state index contributed by atoms with van der Waals surface area (Å²) in [5.74, 6) is 0. The number of likely N-dealkylation sites (N-methyl/N-ethyl adjacent to an activating group) is 1. The van der Waals surface area contributed by atoms with Crippen molar-refractivity contribution >= 4 is 0 Å². The molecule has 0 saturated heterocycles. The lowest BCUT2D eigenvalue weighted by Crippen LogP contribution is -2.33. The largest absolute Gasteiger partial charge is 0.317 e. The Labute approximate surface area is 111 Å². The van der Waals surface area contributed by atoms with E-state index in [1.807, 2.05) is 10.9 Å². The molecule has 18 heavy (non-hydrogen) atoms. The van der Waals surface area contributed by atoms with Crippen molar-refractivity contribution in [2.75, 3.05) is 26.7 Å². The van der Waals surface area contributed by atoms with Crippen molar-refractivity contribution in [1.82, 2.24) is 20.0 Å². The highest BCUT2D eigenvalue weighted by atomic mass is 15.3. The molecule has 0 aliphatic heterocycles. The summed E-state index contributed by atoms with van der Waals surface area (Å²) in [6, 6.07) is 0.542. The SMILES string of the molecule is CCN(CC)CCC(Cc1cnn(CC)c1)NC. The van der Waals surface area contributed by atoms with Gasteiger partial charge in [0.2, 0.25) is 0 Å². The molecule has 1 heterocycles. The minimum absolute atomic E-state index is 0.542. The third-order valence-electron chi connectivity index (χ3n) is 3.59. The summed E-state index contributed by atoms with van der Waals surface area (Å²) in [6.45, 7) is 11.0. The van der Waals surface area contributed by atoms with Crippen molar-refractivity contribution < 1.29 is 0 Å². The highest BCUT2D eigenvalue weighted by Gasteiger charge is 2.10. The van der Waals surface area contributed by atoms with E-state index in [-0.39, 0.29) is 0 Å². The Bertz CT molecular complexity index is 317. The first-order valence-electron chi connectivity index (χ1n) is 7.14. The average Bonchev–Trinajstić information content (AvgIpc) is 2.86. The summed E-state index contributed by atoms with van der Waals surface area (Å²) < 4.78 is 1.99. The van der Waals surface area contributed by atoms with E-state index in [4.69, 9.17) is 0 Å². The monoisotopic (exact) mass is 252 g/mol. The van der Waals surface area contributed by atoms with Crippen LogP contribution in [0.5, 0.6) is 0 Å². The molecule has 1 aromatic rings. The topological polar surface area (TPSA) is 33.1 Å². The lowest BCUT2D eigenvalue weighted by molar-refractivity contribution is 0.283. The molecule has 0 aliphatic carbocycles. The molecule has 0 bridgehead atoms. The smallest absolute Gasteiger partial charge is 0.0522 e. The molecule has 0 radical (unpaired) electrons. The summed E-state index contributed by atoms with van der Waals surface area (Å²) in [5.41, 5.74) is 1.33. The van der Waals surface area contributed by atoms with Crippen LogP contribution in [0, 0.1) is 0 Å². The van der Waals surface area contributed by atoms with Crippen LogP contribution in [0.1, 0.15) is 32.8 Å². The lowest BCUT2D eigenvalue weighted by atomic mass is 10.1. The highest BCUT2D eigenvalue weighted by molar-refractivity contribution is 5.06. The van der Waals surface area contributed by atoms with Gasteiger partial charge >= 0.3 is 0 Å². The van der Waals surface area contributed by atoms with Crippen LogP contribution in [-0.4, -0.2) is 47.4 Å². The molecule has 0 fully saturated rings. The van der Waals surface area contributed by atoms with Crippen molar-refractivity contribution in [1.29, 1.82) is 0 Å². The van der Waals surface area contributed by atoms with Crippen molar-refractivity contribution in [2.45, 2.75) is 46.2 Å². The van der Waals surface area contributed by atoms with Gasteiger partial charge in [-0.3, -0.25) is 4.68 Å². The molecule has 0 saturated carbocycles. The Balaban J connectivity index is 2.41. The van der Waals surface area contributed by atoms with Gasteiger partial charge in [-0.25, -0.2) is 0 Å². The average molecular weight is 252 g/mol. The standard InChI is InChI=1S/C14H28N4/c1-5-17(6-2)9-8-14(15-4)10-13-11-16-18(7-3)12-13/h11-12,14-15H,5-10H2,1-4H3. The van der Waals surface area contributed by atoms with Gasteiger partial charge in [-0.15, -0.1) is 0 Å². The summed E-state index contributed by atoms with van der Waals surface area (Å²) in [7, 11) is 2.05. The maximum Gasteiger partial charge on any atom is 0.0522 e. The normalized spacial score (nSPS) is 13.2. The van der Waals surface area contributed by atoms with E-state index >= 15 is 0 Å². The molecule has 1 N–H and O–H groups in total. The summed E-state index contributed by atoms with van der Waals surface area (Å²) in [5, 5.41) is 7.75. The van der Waals surface area contributed by atoms with E-state index in [9.17, 15) is 0 Å². The van der Waals surface area contributed by atoms with Gasteiger partial charge in [0, 0.05) is 18.8 Å². The van der Waals surface area contributed by atoms with Crippen LogP contribution in [0.25, 0.3) is 0 Å². The predicted octanol–water partition coefficient (Wildman–Crippen LogP) is 1.77. The van der Waals surface area contributed by atoms with Gasteiger partial charge in [0.1, 0.15) is 0 Å². The maximum absolute atomic E-state index is 4.33. The minimum Gasteiger partial charge on any atom is -0.317 e. The molecule has 0 spiro atoms. The van der Waals surface area contributed by atoms with Crippen LogP contribution in [0.4, 0.5) is 0 Å². The molecule has 4 heteroatoms. The number of hydrogen-bond donors (Lipinski definition) is 1. The van der Waals surface area contributed by atoms with E-state index in [1.54, 1.807) is 0 Å². The Morgan fingerprint density at radius 2 is 2.06 bits per heavy atom. The molecule has 0 amide bonds. The fourth-order valence-corrected chi connectivity index (χ4v) is 2.20. The Morgan fingerprint density at radius 3 is 2.56 bits per heavy atom. The summed E-state index contributed by atoms with van der Waals surface area (Å²) in [6.07, 6.45) is 6.40. The number of hydrogen-bond acceptors (Lipinski definition) is 3. The van der Waals surface area contributed by atoms with E-state index in [1.165, 1.54) is 18.5 Å². The quantitative estimate of drug-likeness (QED) is 0.727. The first-order chi connectivity index (χ1) is 8.73. The fraction of sp³-hybridized carbons (Fsp3) is 0.786. The van der Waals surface area contributed by atoms with Crippen LogP contribution >= 0.6 is 0 Å². The van der Waals surface area contributed by atoms with E-state index < -0.39 is 0 Å². The fourth-order valence-electron chi connectivity index (χ4n) is 2.20. The third-order valence-corrected chi connectivity index (χ3v) is 3.59. The van der Waals surface area contributed by atoms with Crippen molar-refractivity contribution in [3.63, 3.8) is 0 Å². The second-order valence-corrected chi connectivity index (χ2v) is 4.71. The van der Waals surface area contributed by atoms with Gasteiger partial charge in [0.25, 0.3) is 0 Å². The molecular formula is C14H28N4. The summed E-state index contributed by atoms with van der Waals surface area (Å²) in [4.78, 5) is 2.47. The Morgan fingerprint density at radius 1 is 1.33 bits per heavy atom. The van der Waals surface area contributed by atoms with Crippen molar-refractivity contribution in [2.24, 2.45) is 0 Å². The maximum atomic E-state index is 4.33. The molecule has 1 atom stereocenters. The molecule has 1 rings (SSSR count). The van der Waals surface area contributed by atoms with Gasteiger partial charge in [0.05, 0.1) is 6.20 Å². The van der Waals surface area contributed by atoms with Crippen LogP contribution in [0.3, 0.4) is 0 Å². The van der Waals surface area contributed by atoms with E-state index in [0.717, 1.165) is 26.1 Å². The molecule has 1 unspecified atom stereocenters. The van der Waals surface area contributed by atoms with Gasteiger partial charge in [-0.2, -0.15) is 5.10 Å². The van der Waals surface area contributed by atoms with Crippen molar-refractivity contribution in [3.05, 3.63) is 18.0 Å². The molecule has 0 aliphatic rings. The zero-order valence-electron chi connectivity index (χ0n) is 12.3. The Hall–Kier alpha value is -0.870. The second kappa shape index (κ2) is 8.27. The summed E-state index contributed by atoms with van der Waals surface area (Å²) >= 11 is 0. The number of aryl methyl sites for hydroxylation is 1. The van der Waals surface area contributed by atoms with Crippen LogP contribution in [-0.2, 0) is 13.0 Å². The van der Waals surface area contributed by atoms with E-state index in [0.29, 0.717) is 6.04 Å². The number of aromatic nitrogens is 2. The number of nitrogens with one attached hydrogen (secondary N) is 1. The second-order valence-electron chi connectivity index (χ2n) is 4.71. The first kappa shape index (κ1) is 15.2. The molecule has 104 valence electrons. The Kier molecular flexibility index (Phi) is 6.98. The van der Waals surface area contributed by atoms with Gasteiger partial charge in [-0.1, -0.05) is 13.8 Å². The predicted molar refractivity (Wildman–Crippen MR) is 76.9 cm³/mol. The van der Waals surface area contributed by atoms with Gasteiger partial charge < -0.3 is 10.2 Å². The lowest BCUT2D eigenvalue weighted by Gasteiger charge is -2.22. The third kappa shape index (κ3) is 4.78. The number of rotatable bonds is 9. The van der Waals surface area contributed by atoms with Crippen LogP contribution in [0.15, 0.2) is 12.4 Å². The van der Waals surface area contributed by atoms with Crippen LogP contribution < -0.4 is 5.32 Å². The minimum atomic E-state index is 0.542. The molecular weight excluding hydrogens is 224 g/mol. The van der Waals surface area contributed by atoms with Crippen molar-refractivity contribution in [3.8, 4) is 0 Å². The molecule has 4 nitrogen and oxygen atoms in total. The zero-order valence-corrected chi connectivity index (χ0v) is 12.3. The highest BCUT2D eigenvalue weighted by Crippen LogP contribution is 2.06. The van der Waals surface area contributed by atoms with Crippen LogP contribution in [0.2, 0.25) is 0 Å². The molecule has 1 aromatic heterocycles.